The second kappa shape index (κ2) is 8.75. The van der Waals surface area contributed by atoms with Gasteiger partial charge in [0.1, 0.15) is 0 Å². The second-order valence-electron chi connectivity index (χ2n) is 7.55. The number of ether oxygens (including phenoxy) is 1. The molecule has 4 rings (SSSR count). The Labute approximate surface area is 176 Å². The van der Waals surface area contributed by atoms with Crippen LogP contribution in [0.2, 0.25) is 0 Å². The number of piperazine rings is 1. The summed E-state index contributed by atoms with van der Waals surface area (Å²) < 4.78 is 43.4. The van der Waals surface area contributed by atoms with Crippen molar-refractivity contribution >= 4 is 11.9 Å². The third-order valence-electron chi connectivity index (χ3n) is 5.52. The number of hydrogen-bond donors (Lipinski definition) is 1. The van der Waals surface area contributed by atoms with Crippen LogP contribution < -0.4 is 5.32 Å². The number of rotatable bonds is 5. The molecule has 3 heterocycles. The summed E-state index contributed by atoms with van der Waals surface area (Å²) in [7, 11) is 0. The first-order valence-corrected chi connectivity index (χ1v) is 10.1. The topological polar surface area (TPSA) is 89.4 Å². The van der Waals surface area contributed by atoms with E-state index in [1.54, 1.807) is 18.5 Å². The Morgan fingerprint density at radius 3 is 2.68 bits per heavy atom. The van der Waals surface area contributed by atoms with Crippen LogP contribution in [0.5, 0.6) is 0 Å². The van der Waals surface area contributed by atoms with E-state index in [2.05, 4.69) is 25.0 Å². The predicted molar refractivity (Wildman–Crippen MR) is 103 cm³/mol. The Bertz CT molecular complexity index is 983. The van der Waals surface area contributed by atoms with Crippen molar-refractivity contribution in [1.29, 1.82) is 0 Å². The average molecular weight is 437 g/mol. The van der Waals surface area contributed by atoms with Crippen LogP contribution >= 0.6 is 0 Å². The molecule has 0 amide bonds. The first kappa shape index (κ1) is 21.4. The van der Waals surface area contributed by atoms with E-state index in [1.807, 2.05) is 0 Å². The summed E-state index contributed by atoms with van der Waals surface area (Å²) in [6.07, 6.45) is -0.319. The number of carbonyl (C=O) groups is 2. The third-order valence-corrected chi connectivity index (χ3v) is 5.52. The molecule has 2 aromatic heterocycles. The first-order chi connectivity index (χ1) is 14.8. The van der Waals surface area contributed by atoms with E-state index in [9.17, 15) is 22.8 Å². The van der Waals surface area contributed by atoms with E-state index in [0.717, 1.165) is 43.9 Å². The van der Waals surface area contributed by atoms with Gasteiger partial charge in [0, 0.05) is 56.2 Å². The van der Waals surface area contributed by atoms with Crippen molar-refractivity contribution in [3.63, 3.8) is 0 Å². The molecule has 8 nitrogen and oxygen atoms in total. The summed E-state index contributed by atoms with van der Waals surface area (Å²) in [4.78, 5) is 30.2. The van der Waals surface area contributed by atoms with Gasteiger partial charge in [-0.2, -0.15) is 18.3 Å². The van der Waals surface area contributed by atoms with Crippen LogP contribution in [0.3, 0.4) is 0 Å². The van der Waals surface area contributed by atoms with Gasteiger partial charge in [0.25, 0.3) is 0 Å². The van der Waals surface area contributed by atoms with Gasteiger partial charge in [-0.25, -0.2) is 9.59 Å². The molecule has 0 unspecified atom stereocenters. The van der Waals surface area contributed by atoms with Crippen LogP contribution in [0.4, 0.5) is 13.2 Å². The SMILES string of the molecule is O=C(OC(=O)C(F)(F)F)c1c2c(nn1CCCN1CCNCC1)-c1ccncc1CC2. The average Bonchev–Trinajstić information content (AvgIpc) is 3.12. The lowest BCUT2D eigenvalue weighted by molar-refractivity contribution is -0.193. The van der Waals surface area contributed by atoms with Gasteiger partial charge in [-0.3, -0.25) is 9.67 Å². The minimum absolute atomic E-state index is 0.0876. The van der Waals surface area contributed by atoms with Crippen LogP contribution in [0.25, 0.3) is 11.3 Å². The number of nitrogens with one attached hydrogen (secondary N) is 1. The fourth-order valence-electron chi connectivity index (χ4n) is 4.03. The molecule has 11 heteroatoms. The molecule has 0 atom stereocenters. The zero-order valence-electron chi connectivity index (χ0n) is 16.7. The molecule has 0 bridgehead atoms. The van der Waals surface area contributed by atoms with Crippen molar-refractivity contribution in [3.05, 3.63) is 35.3 Å². The van der Waals surface area contributed by atoms with Crippen LogP contribution in [0.15, 0.2) is 18.5 Å². The monoisotopic (exact) mass is 437 g/mol. The van der Waals surface area contributed by atoms with Crippen molar-refractivity contribution < 1.29 is 27.5 Å². The Hall–Kier alpha value is -2.79. The summed E-state index contributed by atoms with van der Waals surface area (Å²) in [5, 5.41) is 7.80. The standard InChI is InChI=1S/C20H22F3N5O3/c21-20(22,23)19(30)31-18(29)17-15-3-2-13-12-25-5-4-14(13)16(15)26-28(17)9-1-8-27-10-6-24-7-11-27/h4-5,12,24H,1-3,6-11H2. The molecule has 2 aliphatic rings. The maximum atomic E-state index is 12.6. The zero-order valence-corrected chi connectivity index (χ0v) is 16.7. The molecule has 0 saturated carbocycles. The van der Waals surface area contributed by atoms with Crippen LogP contribution in [0.1, 0.15) is 28.0 Å². The molecule has 0 radical (unpaired) electrons. The minimum atomic E-state index is -5.25. The van der Waals surface area contributed by atoms with Crippen LogP contribution in [-0.2, 0) is 28.9 Å². The van der Waals surface area contributed by atoms with Gasteiger partial charge in [-0.15, -0.1) is 0 Å². The largest absolute Gasteiger partial charge is 0.491 e. The highest BCUT2D eigenvalue weighted by Gasteiger charge is 2.43. The Morgan fingerprint density at radius 1 is 1.16 bits per heavy atom. The minimum Gasteiger partial charge on any atom is -0.381 e. The number of alkyl halides is 3. The van der Waals surface area contributed by atoms with Crippen molar-refractivity contribution in [2.24, 2.45) is 0 Å². The maximum Gasteiger partial charge on any atom is 0.491 e. The molecule has 2 aromatic rings. The molecule has 0 spiro atoms. The van der Waals surface area contributed by atoms with Gasteiger partial charge < -0.3 is 15.0 Å². The lowest BCUT2D eigenvalue weighted by atomic mass is 9.90. The van der Waals surface area contributed by atoms with Gasteiger partial charge >= 0.3 is 18.1 Å². The second-order valence-corrected chi connectivity index (χ2v) is 7.55. The lowest BCUT2D eigenvalue weighted by Crippen LogP contribution is -2.43. The number of aromatic nitrogens is 3. The number of nitrogens with zero attached hydrogens (tertiary/aromatic N) is 4. The van der Waals surface area contributed by atoms with Gasteiger partial charge in [0.2, 0.25) is 0 Å². The number of carbonyl (C=O) groups excluding carboxylic acids is 2. The summed E-state index contributed by atoms with van der Waals surface area (Å²) in [5.41, 5.74) is 2.67. The van der Waals surface area contributed by atoms with Crippen molar-refractivity contribution in [1.82, 2.24) is 25.0 Å². The van der Waals surface area contributed by atoms with Gasteiger partial charge in [0.05, 0.1) is 5.69 Å². The number of fused-ring (bicyclic) bond motifs is 3. The highest BCUT2D eigenvalue weighted by molar-refractivity contribution is 5.99. The Kier molecular flexibility index (Phi) is 6.05. The number of halogens is 3. The van der Waals surface area contributed by atoms with Gasteiger partial charge in [0.15, 0.2) is 5.69 Å². The van der Waals surface area contributed by atoms with E-state index in [0.29, 0.717) is 37.1 Å². The predicted octanol–water partition coefficient (Wildman–Crippen LogP) is 1.58. The molecular weight excluding hydrogens is 415 g/mol. The number of pyridine rings is 1. The molecule has 166 valence electrons. The van der Waals surface area contributed by atoms with Crippen LogP contribution in [0, 0.1) is 0 Å². The first-order valence-electron chi connectivity index (χ1n) is 10.1. The van der Waals surface area contributed by atoms with E-state index in [1.165, 1.54) is 4.68 Å². The van der Waals surface area contributed by atoms with Crippen molar-refractivity contribution in [3.8, 4) is 11.3 Å². The van der Waals surface area contributed by atoms with Gasteiger partial charge in [-0.1, -0.05) is 0 Å². The number of hydrogen-bond acceptors (Lipinski definition) is 7. The fourth-order valence-corrected chi connectivity index (χ4v) is 4.03. The molecule has 31 heavy (non-hydrogen) atoms. The van der Waals surface area contributed by atoms with E-state index < -0.39 is 18.1 Å². The Morgan fingerprint density at radius 2 is 1.94 bits per heavy atom. The smallest absolute Gasteiger partial charge is 0.381 e. The lowest BCUT2D eigenvalue weighted by Gasteiger charge is -2.27. The normalized spacial score (nSPS) is 16.5. The van der Waals surface area contributed by atoms with Gasteiger partial charge in [-0.05, 0) is 37.4 Å². The quantitative estimate of drug-likeness (QED) is 0.561. The molecule has 1 aliphatic heterocycles. The molecular formula is C20H22F3N5O3. The molecule has 0 aromatic carbocycles. The zero-order chi connectivity index (χ0) is 22.0. The fraction of sp³-hybridized carbons (Fsp3) is 0.500. The number of aryl methyl sites for hydroxylation is 2. The van der Waals surface area contributed by atoms with Crippen molar-refractivity contribution in [2.75, 3.05) is 32.7 Å². The molecule has 1 N–H and O–H groups in total. The van der Waals surface area contributed by atoms with Crippen molar-refractivity contribution in [2.45, 2.75) is 32.0 Å². The highest BCUT2D eigenvalue weighted by Crippen LogP contribution is 2.34. The molecule has 1 saturated heterocycles. The summed E-state index contributed by atoms with van der Waals surface area (Å²) in [6.45, 7) is 4.70. The molecule has 1 aliphatic carbocycles. The third kappa shape index (κ3) is 4.62. The molecule has 1 fully saturated rings. The highest BCUT2D eigenvalue weighted by atomic mass is 19.4. The summed E-state index contributed by atoms with van der Waals surface area (Å²) >= 11 is 0. The maximum absolute atomic E-state index is 12.6. The van der Waals surface area contributed by atoms with E-state index in [-0.39, 0.29) is 5.69 Å². The van der Waals surface area contributed by atoms with E-state index in [4.69, 9.17) is 0 Å². The Balaban J connectivity index is 1.61. The number of esters is 2. The summed E-state index contributed by atoms with van der Waals surface area (Å²) in [5.74, 6) is -3.85. The summed E-state index contributed by atoms with van der Waals surface area (Å²) in [6, 6.07) is 1.77. The van der Waals surface area contributed by atoms with Crippen LogP contribution in [-0.4, -0.2) is 70.5 Å². The van der Waals surface area contributed by atoms with E-state index >= 15 is 0 Å².